The number of aromatic carboxylic acids is 1. The molecule has 0 radical (unpaired) electrons. The summed E-state index contributed by atoms with van der Waals surface area (Å²) in [5.41, 5.74) is 0.0000308. The lowest BCUT2D eigenvalue weighted by Gasteiger charge is -2.09. The Morgan fingerprint density at radius 2 is 1.96 bits per heavy atom. The summed E-state index contributed by atoms with van der Waals surface area (Å²) < 4.78 is 31.6. The number of aromatic nitrogens is 2. The Morgan fingerprint density at radius 3 is 2.65 bits per heavy atom. The molecule has 0 saturated carbocycles. The largest absolute Gasteiger partial charge is 0.507 e. The van der Waals surface area contributed by atoms with E-state index in [4.69, 9.17) is 5.11 Å². The lowest BCUT2D eigenvalue weighted by Crippen LogP contribution is -2.13. The zero-order chi connectivity index (χ0) is 16.6. The summed E-state index contributed by atoms with van der Waals surface area (Å²) >= 11 is 0. The van der Waals surface area contributed by atoms with E-state index >= 15 is 0 Å². The van der Waals surface area contributed by atoms with Gasteiger partial charge in [0.05, 0.1) is 5.69 Å². The number of nitrogens with one attached hydrogen (secondary N) is 1. The first-order valence-corrected chi connectivity index (χ1v) is 7.67. The fourth-order valence-electron chi connectivity index (χ4n) is 1.98. The van der Waals surface area contributed by atoms with Gasteiger partial charge < -0.3 is 10.2 Å². The summed E-state index contributed by atoms with van der Waals surface area (Å²) in [6.07, 6.45) is 0. The number of rotatable bonds is 4. The lowest BCUT2D eigenvalue weighted by atomic mass is 10.2. The van der Waals surface area contributed by atoms with Crippen LogP contribution in [0, 0.1) is 0 Å². The zero-order valence-electron chi connectivity index (χ0n) is 11.3. The van der Waals surface area contributed by atoms with E-state index in [1.165, 1.54) is 18.2 Å². The van der Waals surface area contributed by atoms with Gasteiger partial charge in [-0.3, -0.25) is 4.72 Å². The highest BCUT2D eigenvalue weighted by molar-refractivity contribution is 7.93. The van der Waals surface area contributed by atoms with E-state index in [9.17, 15) is 18.3 Å². The van der Waals surface area contributed by atoms with Crippen LogP contribution in [0.2, 0.25) is 0 Å². The number of carboxylic acids is 1. The molecule has 0 aliphatic heterocycles. The van der Waals surface area contributed by atoms with Gasteiger partial charge in [-0.25, -0.2) is 17.8 Å². The number of phenols is 1. The molecule has 0 amide bonds. The van der Waals surface area contributed by atoms with Crippen LogP contribution in [0.4, 0.5) is 5.69 Å². The van der Waals surface area contributed by atoms with E-state index in [1.807, 2.05) is 0 Å². The Balaban J connectivity index is 2.00. The van der Waals surface area contributed by atoms with Gasteiger partial charge in [0, 0.05) is 6.07 Å². The second-order valence-electron chi connectivity index (χ2n) is 4.53. The van der Waals surface area contributed by atoms with Crippen molar-refractivity contribution >= 4 is 32.7 Å². The van der Waals surface area contributed by atoms with E-state index < -0.39 is 21.7 Å². The van der Waals surface area contributed by atoms with E-state index in [2.05, 4.69) is 19.7 Å². The average Bonchev–Trinajstić information content (AvgIpc) is 2.94. The molecule has 0 atom stereocenters. The third-order valence-corrected chi connectivity index (χ3v) is 4.43. The third kappa shape index (κ3) is 2.66. The monoisotopic (exact) mass is 335 g/mol. The van der Waals surface area contributed by atoms with Crippen LogP contribution < -0.4 is 4.72 Å². The topological polar surface area (TPSA) is 143 Å². The fraction of sp³-hybridized carbons (Fsp3) is 0. The van der Waals surface area contributed by atoms with Gasteiger partial charge >= 0.3 is 5.97 Å². The summed E-state index contributed by atoms with van der Waals surface area (Å²) in [7, 11) is -4.03. The van der Waals surface area contributed by atoms with Crippen LogP contribution in [0.1, 0.15) is 10.4 Å². The number of fused-ring (bicyclic) bond motifs is 1. The summed E-state index contributed by atoms with van der Waals surface area (Å²) in [6, 6.07) is 7.66. The van der Waals surface area contributed by atoms with Crippen molar-refractivity contribution in [2.45, 2.75) is 4.90 Å². The molecule has 3 rings (SSSR count). The number of sulfonamides is 1. The Labute approximate surface area is 129 Å². The Hall–Kier alpha value is -3.14. The minimum absolute atomic E-state index is 0.000886. The maximum atomic E-state index is 12.4. The van der Waals surface area contributed by atoms with Crippen molar-refractivity contribution < 1.29 is 28.1 Å². The number of hydrogen-bond acceptors (Lipinski definition) is 7. The van der Waals surface area contributed by atoms with Crippen LogP contribution in [-0.4, -0.2) is 34.9 Å². The molecule has 9 nitrogen and oxygen atoms in total. The van der Waals surface area contributed by atoms with Crippen LogP contribution in [0.25, 0.3) is 11.0 Å². The number of anilines is 1. The van der Waals surface area contributed by atoms with E-state index in [1.54, 1.807) is 6.07 Å². The van der Waals surface area contributed by atoms with Crippen LogP contribution in [-0.2, 0) is 10.0 Å². The molecule has 10 heteroatoms. The molecule has 3 N–H and O–H groups in total. The summed E-state index contributed by atoms with van der Waals surface area (Å²) in [4.78, 5) is 10.7. The van der Waals surface area contributed by atoms with Crippen LogP contribution >= 0.6 is 0 Å². The smallest absolute Gasteiger partial charge is 0.339 e. The molecule has 1 aromatic heterocycles. The van der Waals surface area contributed by atoms with Gasteiger partial charge in [0.2, 0.25) is 0 Å². The summed E-state index contributed by atoms with van der Waals surface area (Å²) in [5, 5.41) is 25.6. The standard InChI is InChI=1S/C13H9N3O6S/c17-10-6-7(4-5-8(10)13(18)19)16-23(20,21)11-3-1-2-9-12(11)15-22-14-9/h1-6,16-17H,(H,18,19). The maximum Gasteiger partial charge on any atom is 0.339 e. The van der Waals surface area contributed by atoms with Gasteiger partial charge in [0.15, 0.2) is 5.52 Å². The first-order valence-electron chi connectivity index (χ1n) is 6.19. The Morgan fingerprint density at radius 1 is 1.17 bits per heavy atom. The van der Waals surface area contributed by atoms with Crippen molar-refractivity contribution in [3.63, 3.8) is 0 Å². The molecule has 2 aromatic carbocycles. The maximum absolute atomic E-state index is 12.4. The molecular weight excluding hydrogens is 326 g/mol. The number of hydrogen-bond donors (Lipinski definition) is 3. The molecule has 1 heterocycles. The van der Waals surface area contributed by atoms with E-state index in [0.717, 1.165) is 12.1 Å². The summed E-state index contributed by atoms with van der Waals surface area (Å²) in [6.45, 7) is 0. The quantitative estimate of drug-likeness (QED) is 0.649. The lowest BCUT2D eigenvalue weighted by molar-refractivity contribution is 0.0694. The molecule has 3 aromatic rings. The van der Waals surface area contributed by atoms with Gasteiger partial charge in [-0.2, -0.15) is 0 Å². The second-order valence-corrected chi connectivity index (χ2v) is 6.18. The second kappa shape index (κ2) is 5.25. The minimum Gasteiger partial charge on any atom is -0.507 e. The van der Waals surface area contributed by atoms with Gasteiger partial charge in [-0.1, -0.05) is 6.07 Å². The zero-order valence-corrected chi connectivity index (χ0v) is 12.1. The van der Waals surface area contributed by atoms with E-state index in [-0.39, 0.29) is 27.2 Å². The van der Waals surface area contributed by atoms with Crippen molar-refractivity contribution in [3.8, 4) is 5.75 Å². The number of nitrogens with zero attached hydrogens (tertiary/aromatic N) is 2. The van der Waals surface area contributed by atoms with Crippen molar-refractivity contribution in [2.75, 3.05) is 4.72 Å². The first-order chi connectivity index (χ1) is 10.9. The Bertz CT molecular complexity index is 1010. The van der Waals surface area contributed by atoms with Gasteiger partial charge in [0.1, 0.15) is 21.7 Å². The summed E-state index contributed by atoms with van der Waals surface area (Å²) in [5.74, 6) is -1.88. The van der Waals surface area contributed by atoms with Crippen LogP contribution in [0.3, 0.4) is 0 Å². The number of benzene rings is 2. The van der Waals surface area contributed by atoms with Crippen molar-refractivity contribution in [1.82, 2.24) is 10.3 Å². The first kappa shape index (κ1) is 14.8. The predicted octanol–water partition coefficient (Wildman–Crippen LogP) is 1.43. The molecular formula is C13H9N3O6S. The highest BCUT2D eigenvalue weighted by Gasteiger charge is 2.21. The number of aromatic hydroxyl groups is 1. The average molecular weight is 335 g/mol. The van der Waals surface area contributed by atoms with Gasteiger partial charge in [-0.05, 0) is 34.6 Å². The number of carboxylic acid groups (broad SMARTS) is 1. The Kier molecular flexibility index (Phi) is 3.37. The van der Waals surface area contributed by atoms with Gasteiger partial charge in [-0.15, -0.1) is 0 Å². The number of carbonyl (C=O) groups is 1. The molecule has 0 bridgehead atoms. The van der Waals surface area contributed by atoms with Crippen LogP contribution in [0.5, 0.6) is 5.75 Å². The fourth-order valence-corrected chi connectivity index (χ4v) is 3.19. The normalized spacial score (nSPS) is 11.5. The molecule has 0 fully saturated rings. The molecule has 0 aliphatic rings. The van der Waals surface area contributed by atoms with Crippen molar-refractivity contribution in [3.05, 3.63) is 42.0 Å². The molecule has 0 aliphatic carbocycles. The van der Waals surface area contributed by atoms with E-state index in [0.29, 0.717) is 0 Å². The van der Waals surface area contributed by atoms with Crippen molar-refractivity contribution in [1.29, 1.82) is 0 Å². The molecule has 0 unspecified atom stereocenters. The highest BCUT2D eigenvalue weighted by atomic mass is 32.2. The molecule has 0 saturated heterocycles. The molecule has 23 heavy (non-hydrogen) atoms. The predicted molar refractivity (Wildman–Crippen MR) is 77.7 cm³/mol. The molecule has 118 valence electrons. The molecule has 0 spiro atoms. The van der Waals surface area contributed by atoms with Gasteiger partial charge in [0.25, 0.3) is 10.0 Å². The SMILES string of the molecule is O=C(O)c1ccc(NS(=O)(=O)c2cccc3nonc23)cc1O. The minimum atomic E-state index is -4.03. The van der Waals surface area contributed by atoms with Crippen LogP contribution in [0.15, 0.2) is 45.9 Å². The highest BCUT2D eigenvalue weighted by Crippen LogP contribution is 2.26. The third-order valence-electron chi connectivity index (χ3n) is 3.02. The van der Waals surface area contributed by atoms with Crippen molar-refractivity contribution in [2.24, 2.45) is 0 Å².